The maximum Gasteiger partial charge on any atom is 0.224 e. The second kappa shape index (κ2) is 4.22. The molecule has 1 amide bonds. The molecule has 1 aliphatic rings. The number of amides is 1. The Morgan fingerprint density at radius 1 is 1.50 bits per heavy atom. The molecule has 2 unspecified atom stereocenters. The van der Waals surface area contributed by atoms with Crippen molar-refractivity contribution in [3.63, 3.8) is 0 Å². The summed E-state index contributed by atoms with van der Waals surface area (Å²) in [7, 11) is 0. The molecular formula is C12H14FN2O. The predicted octanol–water partition coefficient (Wildman–Crippen LogP) is 1.61. The molecule has 0 aliphatic carbocycles. The minimum atomic E-state index is -0.625. The molecule has 85 valence electrons. The van der Waals surface area contributed by atoms with Gasteiger partial charge in [0.15, 0.2) is 0 Å². The van der Waals surface area contributed by atoms with Crippen molar-refractivity contribution >= 4 is 5.91 Å². The lowest BCUT2D eigenvalue weighted by atomic mass is 10.0. The van der Waals surface area contributed by atoms with Crippen LogP contribution in [0.15, 0.2) is 24.3 Å². The second-order valence-electron chi connectivity index (χ2n) is 3.94. The quantitative estimate of drug-likeness (QED) is 0.824. The Bertz CT molecular complexity index is 406. The number of likely N-dealkylation sites (tertiary alicyclic amines) is 1. The fourth-order valence-corrected chi connectivity index (χ4v) is 2.17. The number of carbonyl (C=O) groups is 1. The van der Waals surface area contributed by atoms with Crippen molar-refractivity contribution in [1.29, 1.82) is 0 Å². The van der Waals surface area contributed by atoms with Gasteiger partial charge in [-0.15, -0.1) is 0 Å². The molecule has 2 atom stereocenters. The Balaban J connectivity index is 2.34. The molecule has 0 aromatic heterocycles. The number of benzene rings is 1. The van der Waals surface area contributed by atoms with Gasteiger partial charge < -0.3 is 10.6 Å². The summed E-state index contributed by atoms with van der Waals surface area (Å²) >= 11 is 0. The van der Waals surface area contributed by atoms with E-state index in [9.17, 15) is 9.18 Å². The van der Waals surface area contributed by atoms with Crippen LogP contribution in [-0.2, 0) is 4.79 Å². The van der Waals surface area contributed by atoms with Gasteiger partial charge in [-0.25, -0.2) is 4.39 Å². The molecule has 1 saturated heterocycles. The Morgan fingerprint density at radius 3 is 2.81 bits per heavy atom. The van der Waals surface area contributed by atoms with E-state index >= 15 is 0 Å². The first-order valence-corrected chi connectivity index (χ1v) is 5.25. The van der Waals surface area contributed by atoms with E-state index in [2.05, 4.69) is 6.92 Å². The maximum atomic E-state index is 13.6. The van der Waals surface area contributed by atoms with Crippen LogP contribution < -0.4 is 5.73 Å². The largest absolute Gasteiger partial charge is 0.320 e. The molecule has 16 heavy (non-hydrogen) atoms. The van der Waals surface area contributed by atoms with Crippen LogP contribution in [0.3, 0.4) is 0 Å². The smallest absolute Gasteiger partial charge is 0.224 e. The van der Waals surface area contributed by atoms with Crippen molar-refractivity contribution < 1.29 is 9.18 Å². The summed E-state index contributed by atoms with van der Waals surface area (Å²) in [5.41, 5.74) is 6.16. The molecule has 1 radical (unpaired) electrons. The van der Waals surface area contributed by atoms with E-state index in [1.807, 2.05) is 0 Å². The molecule has 0 spiro atoms. The van der Waals surface area contributed by atoms with Crippen LogP contribution in [0.2, 0.25) is 0 Å². The van der Waals surface area contributed by atoms with Gasteiger partial charge in [0.05, 0.1) is 12.2 Å². The number of halogens is 1. The molecule has 4 heteroatoms. The first-order valence-electron chi connectivity index (χ1n) is 5.25. The highest BCUT2D eigenvalue weighted by atomic mass is 19.1. The highest BCUT2D eigenvalue weighted by molar-refractivity contribution is 5.79. The average molecular weight is 221 g/mol. The summed E-state index contributed by atoms with van der Waals surface area (Å²) in [5.74, 6) is -0.358. The zero-order valence-corrected chi connectivity index (χ0v) is 8.90. The van der Waals surface area contributed by atoms with Crippen molar-refractivity contribution in [2.75, 3.05) is 0 Å². The first-order chi connectivity index (χ1) is 7.61. The third kappa shape index (κ3) is 1.80. The molecule has 1 aromatic rings. The van der Waals surface area contributed by atoms with Crippen molar-refractivity contribution in [2.24, 2.45) is 5.73 Å². The summed E-state index contributed by atoms with van der Waals surface area (Å²) in [4.78, 5) is 13.1. The van der Waals surface area contributed by atoms with Gasteiger partial charge in [0.2, 0.25) is 5.91 Å². The van der Waals surface area contributed by atoms with Gasteiger partial charge in [0.1, 0.15) is 5.82 Å². The van der Waals surface area contributed by atoms with E-state index in [1.54, 1.807) is 18.2 Å². The van der Waals surface area contributed by atoms with Crippen molar-refractivity contribution in [2.45, 2.75) is 25.0 Å². The van der Waals surface area contributed by atoms with Gasteiger partial charge in [-0.1, -0.05) is 18.2 Å². The zero-order valence-electron chi connectivity index (χ0n) is 8.90. The third-order valence-electron chi connectivity index (χ3n) is 2.88. The fourth-order valence-electron chi connectivity index (χ4n) is 2.17. The number of hydrogen-bond donors (Lipinski definition) is 1. The average Bonchev–Trinajstić information content (AvgIpc) is 2.61. The normalized spacial score (nSPS) is 22.6. The predicted molar refractivity (Wildman–Crippen MR) is 58.6 cm³/mol. The first kappa shape index (κ1) is 11.1. The van der Waals surface area contributed by atoms with Crippen molar-refractivity contribution in [3.8, 4) is 0 Å². The Kier molecular flexibility index (Phi) is 2.92. The monoisotopic (exact) mass is 221 g/mol. The lowest BCUT2D eigenvalue weighted by Gasteiger charge is -2.28. The lowest BCUT2D eigenvalue weighted by molar-refractivity contribution is -0.130. The van der Waals surface area contributed by atoms with Gasteiger partial charge in [-0.3, -0.25) is 4.79 Å². The van der Waals surface area contributed by atoms with Crippen molar-refractivity contribution in [1.82, 2.24) is 4.90 Å². The van der Waals surface area contributed by atoms with Gasteiger partial charge in [0.25, 0.3) is 0 Å². The fraction of sp³-hybridized carbons (Fsp3) is 0.333. The van der Waals surface area contributed by atoms with Crippen LogP contribution in [0, 0.1) is 12.7 Å². The number of nitrogens with zero attached hydrogens (tertiary/aromatic N) is 1. The Hall–Kier alpha value is -1.42. The summed E-state index contributed by atoms with van der Waals surface area (Å²) in [5, 5.41) is 0. The highest BCUT2D eigenvalue weighted by Crippen LogP contribution is 2.34. The number of carbonyl (C=O) groups excluding carboxylic acids is 1. The van der Waals surface area contributed by atoms with E-state index in [-0.39, 0.29) is 17.8 Å². The van der Waals surface area contributed by atoms with Gasteiger partial charge >= 0.3 is 0 Å². The van der Waals surface area contributed by atoms with Gasteiger partial charge in [0, 0.05) is 12.0 Å². The van der Waals surface area contributed by atoms with E-state index in [0.717, 1.165) is 0 Å². The molecule has 0 saturated carbocycles. The SMILES string of the molecule is [CH2]C(N)N1C(=O)CCC1c1ccccc1F. The summed E-state index contributed by atoms with van der Waals surface area (Å²) in [6.07, 6.45) is 0.380. The highest BCUT2D eigenvalue weighted by Gasteiger charge is 2.35. The molecule has 1 fully saturated rings. The number of rotatable bonds is 2. The maximum absolute atomic E-state index is 13.6. The summed E-state index contributed by atoms with van der Waals surface area (Å²) < 4.78 is 13.6. The lowest BCUT2D eigenvalue weighted by Crippen LogP contribution is -2.42. The van der Waals surface area contributed by atoms with E-state index in [1.165, 1.54) is 11.0 Å². The minimum absolute atomic E-state index is 0.0595. The minimum Gasteiger partial charge on any atom is -0.320 e. The molecule has 0 bridgehead atoms. The van der Waals surface area contributed by atoms with E-state index in [4.69, 9.17) is 5.73 Å². The Morgan fingerprint density at radius 2 is 2.19 bits per heavy atom. The standard InChI is InChI=1S/C12H14FN2O/c1-8(14)15-11(6-7-12(15)16)9-4-2-3-5-10(9)13/h2-5,8,11H,1,6-7,14H2. The summed E-state index contributed by atoms with van der Waals surface area (Å²) in [6.45, 7) is 3.64. The zero-order chi connectivity index (χ0) is 11.7. The van der Waals surface area contributed by atoms with Gasteiger partial charge in [-0.2, -0.15) is 0 Å². The van der Waals surface area contributed by atoms with Crippen LogP contribution in [0.25, 0.3) is 0 Å². The van der Waals surface area contributed by atoms with E-state index < -0.39 is 6.17 Å². The van der Waals surface area contributed by atoms with Crippen molar-refractivity contribution in [3.05, 3.63) is 42.6 Å². The van der Waals surface area contributed by atoms with Gasteiger partial charge in [-0.05, 0) is 19.4 Å². The van der Waals surface area contributed by atoms with Crippen LogP contribution in [0.1, 0.15) is 24.4 Å². The molecule has 1 aliphatic heterocycles. The molecular weight excluding hydrogens is 207 g/mol. The van der Waals surface area contributed by atoms with Crippen LogP contribution in [-0.4, -0.2) is 17.0 Å². The second-order valence-corrected chi connectivity index (χ2v) is 3.94. The topological polar surface area (TPSA) is 46.3 Å². The summed E-state index contributed by atoms with van der Waals surface area (Å²) in [6, 6.07) is 6.19. The third-order valence-corrected chi connectivity index (χ3v) is 2.88. The molecule has 3 nitrogen and oxygen atoms in total. The Labute approximate surface area is 94.0 Å². The van der Waals surface area contributed by atoms with E-state index in [0.29, 0.717) is 18.4 Å². The molecule has 1 aromatic carbocycles. The van der Waals surface area contributed by atoms with Crippen LogP contribution in [0.4, 0.5) is 4.39 Å². The molecule has 2 N–H and O–H groups in total. The number of hydrogen-bond acceptors (Lipinski definition) is 2. The number of nitrogens with two attached hydrogens (primary N) is 1. The molecule has 2 rings (SSSR count). The van der Waals surface area contributed by atoms with Crippen LogP contribution >= 0.6 is 0 Å². The van der Waals surface area contributed by atoms with Crippen LogP contribution in [0.5, 0.6) is 0 Å². The molecule has 1 heterocycles.